The van der Waals surface area contributed by atoms with Gasteiger partial charge >= 0.3 is 0 Å². The first-order chi connectivity index (χ1) is 10.3. The quantitative estimate of drug-likeness (QED) is 0.745. The maximum atomic E-state index is 5.98. The number of benzene rings is 1. The minimum atomic E-state index is 0.00364. The van der Waals surface area contributed by atoms with Crippen LogP contribution in [0.2, 0.25) is 0 Å². The summed E-state index contributed by atoms with van der Waals surface area (Å²) in [6.45, 7) is 2.06. The zero-order valence-electron chi connectivity index (χ0n) is 11.7. The van der Waals surface area contributed by atoms with Crippen LogP contribution in [0.25, 0.3) is 10.9 Å². The second-order valence-electron chi connectivity index (χ2n) is 4.73. The van der Waals surface area contributed by atoms with Gasteiger partial charge < -0.3 is 5.73 Å². The highest BCUT2D eigenvalue weighted by Gasteiger charge is 2.08. The predicted octanol–water partition coefficient (Wildman–Crippen LogP) is 3.59. The lowest BCUT2D eigenvalue weighted by atomic mass is 10.1. The van der Waals surface area contributed by atoms with Gasteiger partial charge in [0.25, 0.3) is 0 Å². The van der Waals surface area contributed by atoms with Crippen LogP contribution in [0, 0.1) is 0 Å². The third-order valence-electron chi connectivity index (χ3n) is 3.30. The summed E-state index contributed by atoms with van der Waals surface area (Å²) in [7, 11) is 0. The highest BCUT2D eigenvalue weighted by molar-refractivity contribution is 7.99. The molecule has 4 nitrogen and oxygen atoms in total. The molecule has 0 spiro atoms. The fourth-order valence-corrected chi connectivity index (χ4v) is 2.90. The van der Waals surface area contributed by atoms with E-state index >= 15 is 0 Å². The number of aromatic nitrogens is 3. The molecule has 5 heteroatoms. The number of rotatable bonds is 4. The van der Waals surface area contributed by atoms with Crippen molar-refractivity contribution in [2.45, 2.75) is 29.3 Å². The molecule has 2 N–H and O–H groups in total. The van der Waals surface area contributed by atoms with Crippen molar-refractivity contribution in [2.24, 2.45) is 5.73 Å². The average Bonchev–Trinajstić information content (AvgIpc) is 2.55. The Morgan fingerprint density at radius 3 is 2.71 bits per heavy atom. The first-order valence-electron chi connectivity index (χ1n) is 6.87. The van der Waals surface area contributed by atoms with E-state index in [0.717, 1.165) is 32.9 Å². The molecule has 0 aliphatic heterocycles. The Hall–Kier alpha value is -1.98. The molecule has 1 atom stereocenters. The predicted molar refractivity (Wildman–Crippen MR) is 85.1 cm³/mol. The number of fused-ring (bicyclic) bond motifs is 1. The van der Waals surface area contributed by atoms with Crippen LogP contribution in [0.4, 0.5) is 0 Å². The van der Waals surface area contributed by atoms with Crippen LogP contribution >= 0.6 is 11.8 Å². The maximum Gasteiger partial charge on any atom is 0.117 e. The van der Waals surface area contributed by atoms with Crippen LogP contribution < -0.4 is 5.73 Å². The average molecular weight is 296 g/mol. The Balaban J connectivity index is 1.88. The molecule has 1 aromatic carbocycles. The molecule has 0 saturated heterocycles. The van der Waals surface area contributed by atoms with Crippen molar-refractivity contribution in [1.29, 1.82) is 0 Å². The second-order valence-corrected chi connectivity index (χ2v) is 5.79. The number of hydrogen-bond acceptors (Lipinski definition) is 5. The van der Waals surface area contributed by atoms with Gasteiger partial charge in [0.2, 0.25) is 0 Å². The Labute approximate surface area is 127 Å². The Kier molecular flexibility index (Phi) is 4.13. The number of nitrogens with zero attached hydrogens (tertiary/aromatic N) is 3. The molecule has 0 fully saturated rings. The van der Waals surface area contributed by atoms with E-state index in [2.05, 4.69) is 21.9 Å². The van der Waals surface area contributed by atoms with Gasteiger partial charge in [-0.05, 0) is 24.6 Å². The lowest BCUT2D eigenvalue weighted by Crippen LogP contribution is -2.10. The second kappa shape index (κ2) is 6.20. The van der Waals surface area contributed by atoms with Crippen molar-refractivity contribution < 1.29 is 0 Å². The van der Waals surface area contributed by atoms with Crippen LogP contribution in [0.3, 0.4) is 0 Å². The van der Waals surface area contributed by atoms with E-state index in [0.29, 0.717) is 0 Å². The molecule has 0 saturated carbocycles. The largest absolute Gasteiger partial charge is 0.323 e. The fourth-order valence-electron chi connectivity index (χ4n) is 2.05. The summed E-state index contributed by atoms with van der Waals surface area (Å²) < 4.78 is 0. The van der Waals surface area contributed by atoms with E-state index in [-0.39, 0.29) is 6.04 Å². The van der Waals surface area contributed by atoms with Gasteiger partial charge in [0.1, 0.15) is 11.4 Å². The standard InChI is InChI=1S/C16H16N4S/c1-2-13(17)15-8-7-11(9-18-15)21-16-12-5-3-4-6-14(12)19-10-20-16/h3-10,13H,2,17H2,1H3/t13-/m0/s1. The molecule has 2 aromatic heterocycles. The summed E-state index contributed by atoms with van der Waals surface area (Å²) in [5, 5.41) is 1.99. The van der Waals surface area contributed by atoms with Crippen LogP contribution in [-0.2, 0) is 0 Å². The smallest absolute Gasteiger partial charge is 0.117 e. The Morgan fingerprint density at radius 1 is 1.10 bits per heavy atom. The minimum Gasteiger partial charge on any atom is -0.323 e. The monoisotopic (exact) mass is 296 g/mol. The molecular formula is C16H16N4S. The van der Waals surface area contributed by atoms with E-state index < -0.39 is 0 Å². The van der Waals surface area contributed by atoms with E-state index in [4.69, 9.17) is 5.73 Å². The summed E-state index contributed by atoms with van der Waals surface area (Å²) in [5.74, 6) is 0. The first-order valence-corrected chi connectivity index (χ1v) is 7.68. The third kappa shape index (κ3) is 3.04. The highest BCUT2D eigenvalue weighted by Crippen LogP contribution is 2.30. The molecule has 3 rings (SSSR count). The maximum absolute atomic E-state index is 5.98. The lowest BCUT2D eigenvalue weighted by Gasteiger charge is -2.09. The van der Waals surface area contributed by atoms with E-state index in [1.807, 2.05) is 42.6 Å². The molecule has 0 aliphatic rings. The molecule has 3 aromatic rings. The van der Waals surface area contributed by atoms with Gasteiger partial charge in [0.15, 0.2) is 0 Å². The normalized spacial score (nSPS) is 12.5. The molecule has 21 heavy (non-hydrogen) atoms. The number of nitrogens with two attached hydrogens (primary N) is 1. The van der Waals surface area contributed by atoms with Gasteiger partial charge in [-0.15, -0.1) is 0 Å². The van der Waals surface area contributed by atoms with Crippen LogP contribution in [0.5, 0.6) is 0 Å². The Morgan fingerprint density at radius 2 is 1.95 bits per heavy atom. The molecule has 0 aliphatic carbocycles. The van der Waals surface area contributed by atoms with Crippen molar-refractivity contribution in [3.8, 4) is 0 Å². The van der Waals surface area contributed by atoms with Crippen LogP contribution in [0.15, 0.2) is 58.8 Å². The van der Waals surface area contributed by atoms with Crippen LogP contribution in [0.1, 0.15) is 25.1 Å². The summed E-state index contributed by atoms with van der Waals surface area (Å²) in [4.78, 5) is 14.1. The van der Waals surface area contributed by atoms with Crippen molar-refractivity contribution >= 4 is 22.7 Å². The highest BCUT2D eigenvalue weighted by atomic mass is 32.2. The van der Waals surface area contributed by atoms with Gasteiger partial charge in [0.05, 0.1) is 11.2 Å². The number of pyridine rings is 1. The molecule has 106 valence electrons. The molecule has 2 heterocycles. The Bertz CT molecular complexity index is 737. The van der Waals surface area contributed by atoms with Crippen LogP contribution in [-0.4, -0.2) is 15.0 Å². The lowest BCUT2D eigenvalue weighted by molar-refractivity contribution is 0.674. The van der Waals surface area contributed by atoms with E-state index in [1.165, 1.54) is 0 Å². The number of para-hydroxylation sites is 1. The topological polar surface area (TPSA) is 64.7 Å². The number of hydrogen-bond donors (Lipinski definition) is 1. The fraction of sp³-hybridized carbons (Fsp3) is 0.188. The third-order valence-corrected chi connectivity index (χ3v) is 4.30. The van der Waals surface area contributed by atoms with Crippen molar-refractivity contribution in [3.63, 3.8) is 0 Å². The van der Waals surface area contributed by atoms with Crippen molar-refractivity contribution in [2.75, 3.05) is 0 Å². The molecular weight excluding hydrogens is 280 g/mol. The summed E-state index contributed by atoms with van der Waals surface area (Å²) >= 11 is 1.59. The van der Waals surface area contributed by atoms with Gasteiger partial charge in [-0.1, -0.05) is 36.9 Å². The zero-order valence-corrected chi connectivity index (χ0v) is 12.5. The van der Waals surface area contributed by atoms with Gasteiger partial charge in [-0.3, -0.25) is 4.98 Å². The van der Waals surface area contributed by atoms with Gasteiger partial charge in [-0.25, -0.2) is 9.97 Å². The van der Waals surface area contributed by atoms with Crippen molar-refractivity contribution in [3.05, 3.63) is 54.6 Å². The van der Waals surface area contributed by atoms with Gasteiger partial charge in [0, 0.05) is 22.5 Å². The van der Waals surface area contributed by atoms with Gasteiger partial charge in [-0.2, -0.15) is 0 Å². The summed E-state index contributed by atoms with van der Waals surface area (Å²) in [5.41, 5.74) is 7.86. The summed E-state index contributed by atoms with van der Waals surface area (Å²) in [6, 6.07) is 12.0. The van der Waals surface area contributed by atoms with E-state index in [1.54, 1.807) is 18.1 Å². The zero-order chi connectivity index (χ0) is 14.7. The summed E-state index contributed by atoms with van der Waals surface area (Å²) in [6.07, 6.45) is 4.34. The minimum absolute atomic E-state index is 0.00364. The first kappa shape index (κ1) is 14.0. The van der Waals surface area contributed by atoms with E-state index in [9.17, 15) is 0 Å². The van der Waals surface area contributed by atoms with Crippen molar-refractivity contribution in [1.82, 2.24) is 15.0 Å². The SMILES string of the molecule is CC[C@H](N)c1ccc(Sc2ncnc3ccccc23)cn1. The molecule has 0 bridgehead atoms. The molecule has 0 radical (unpaired) electrons. The molecule has 0 amide bonds. The molecule has 0 unspecified atom stereocenters.